The van der Waals surface area contributed by atoms with Gasteiger partial charge in [-0.1, -0.05) is 0 Å². The van der Waals surface area contributed by atoms with E-state index in [-0.39, 0.29) is 44.6 Å². The molecule has 2 aliphatic rings. The molecule has 5 rings (SSSR count). The summed E-state index contributed by atoms with van der Waals surface area (Å²) in [4.78, 5) is 22.7. The van der Waals surface area contributed by atoms with Crippen molar-refractivity contribution in [3.8, 4) is 0 Å². The fraction of sp³-hybridized carbons (Fsp3) is 0.500. The van der Waals surface area contributed by atoms with Crippen LogP contribution < -0.4 is 15.4 Å². The second kappa shape index (κ2) is 10.4. The van der Waals surface area contributed by atoms with Crippen molar-refractivity contribution in [2.45, 2.75) is 38.1 Å². The van der Waals surface area contributed by atoms with Gasteiger partial charge >= 0.3 is 12.4 Å². The molecule has 2 aliphatic heterocycles. The molecule has 39 heavy (non-hydrogen) atoms. The van der Waals surface area contributed by atoms with Crippen LogP contribution in [0.4, 0.5) is 38.0 Å². The van der Waals surface area contributed by atoms with Crippen molar-refractivity contribution in [2.75, 3.05) is 42.7 Å². The highest BCUT2D eigenvalue weighted by Gasteiger charge is 2.40. The predicted octanol–water partition coefficient (Wildman–Crippen LogP) is 2.24. The summed E-state index contributed by atoms with van der Waals surface area (Å²) in [5.41, 5.74) is -2.59. The molecule has 1 saturated heterocycles. The topological polar surface area (TPSA) is 114 Å². The van der Waals surface area contributed by atoms with Gasteiger partial charge in [-0.2, -0.15) is 36.5 Å². The lowest BCUT2D eigenvalue weighted by atomic mass is 10.1. The second-order valence-electron chi connectivity index (χ2n) is 8.94. The molecule has 0 aromatic carbocycles. The van der Waals surface area contributed by atoms with Gasteiger partial charge in [-0.15, -0.1) is 0 Å². The molecule has 0 aliphatic carbocycles. The van der Waals surface area contributed by atoms with Gasteiger partial charge in [0.15, 0.2) is 0 Å². The summed E-state index contributed by atoms with van der Waals surface area (Å²) in [7, 11) is 0. The number of nitrogens with zero attached hydrogens (tertiary/aromatic N) is 7. The molecule has 0 spiro atoms. The zero-order chi connectivity index (χ0) is 27.8. The number of H-pyrrole nitrogens is 1. The van der Waals surface area contributed by atoms with Crippen LogP contribution in [0.2, 0.25) is 0 Å². The molecule has 1 N–H and O–H groups in total. The molecular formula is C22H22F6N8O3. The summed E-state index contributed by atoms with van der Waals surface area (Å²) in [6, 6.07) is 1.17. The average Bonchev–Trinajstić information content (AvgIpc) is 3.30. The van der Waals surface area contributed by atoms with Crippen LogP contribution in [0.25, 0.3) is 0 Å². The van der Waals surface area contributed by atoms with Crippen LogP contribution in [0, 0.1) is 0 Å². The van der Waals surface area contributed by atoms with Crippen molar-refractivity contribution in [1.82, 2.24) is 29.9 Å². The van der Waals surface area contributed by atoms with E-state index in [2.05, 4.69) is 20.2 Å². The lowest BCUT2D eigenvalue weighted by molar-refractivity contribution is -0.139. The normalized spacial score (nSPS) is 18.4. The molecule has 210 valence electrons. The molecule has 3 aromatic rings. The Hall–Kier alpha value is -3.73. The first-order valence-corrected chi connectivity index (χ1v) is 11.8. The third kappa shape index (κ3) is 5.83. The van der Waals surface area contributed by atoms with Crippen LogP contribution >= 0.6 is 0 Å². The number of aromatic nitrogens is 6. The van der Waals surface area contributed by atoms with Crippen molar-refractivity contribution in [1.29, 1.82) is 0 Å². The quantitative estimate of drug-likeness (QED) is 0.454. The van der Waals surface area contributed by atoms with E-state index in [1.54, 1.807) is 15.6 Å². The van der Waals surface area contributed by atoms with Gasteiger partial charge < -0.3 is 19.3 Å². The highest BCUT2D eigenvalue weighted by atomic mass is 19.4. The second-order valence-corrected chi connectivity index (χ2v) is 8.94. The number of halogens is 6. The number of anilines is 2. The van der Waals surface area contributed by atoms with Gasteiger partial charge in [0.1, 0.15) is 5.56 Å². The summed E-state index contributed by atoms with van der Waals surface area (Å²) in [5, 5.41) is 9.84. The van der Waals surface area contributed by atoms with Gasteiger partial charge in [-0.05, 0) is 6.07 Å². The van der Waals surface area contributed by atoms with Gasteiger partial charge in [0.2, 0.25) is 5.95 Å². The molecular weight excluding hydrogens is 538 g/mol. The lowest BCUT2D eigenvalue weighted by Gasteiger charge is -2.37. The highest BCUT2D eigenvalue weighted by molar-refractivity contribution is 5.53. The maximum Gasteiger partial charge on any atom is 0.423 e. The van der Waals surface area contributed by atoms with E-state index < -0.39 is 35.1 Å². The number of aromatic amines is 1. The number of nitrogens with one attached hydrogen (secondary N) is 1. The maximum atomic E-state index is 13.6. The fourth-order valence-corrected chi connectivity index (χ4v) is 4.49. The maximum absolute atomic E-state index is 13.6. The zero-order valence-electron chi connectivity index (χ0n) is 20.2. The molecule has 3 aromatic heterocycles. The van der Waals surface area contributed by atoms with Crippen molar-refractivity contribution in [3.63, 3.8) is 0 Å². The summed E-state index contributed by atoms with van der Waals surface area (Å²) in [6.45, 7) is 1.62. The molecule has 17 heteroatoms. The summed E-state index contributed by atoms with van der Waals surface area (Å²) in [6.07, 6.45) is -6.94. The standard InChI is InChI=1S/C22H22F6N8O3/c23-21(24,25)13-6-29-20(30-7-13)34-1-2-36-15(9-34)5-14(33-36)10-39-12-16-11-38-4-3-35(16)17-8-31-32-19(37)18(17)22(26,27)28/h5-8,16H,1-4,9-12H2,(H,32,37)/t16-/m0/s1. The number of hydrogen-bond acceptors (Lipinski definition) is 9. The van der Waals surface area contributed by atoms with E-state index in [1.165, 1.54) is 4.90 Å². The van der Waals surface area contributed by atoms with Crippen LogP contribution in [0.15, 0.2) is 29.5 Å². The molecule has 0 amide bonds. The Bertz CT molecular complexity index is 1360. The Balaban J connectivity index is 1.22. The van der Waals surface area contributed by atoms with Crippen molar-refractivity contribution in [2.24, 2.45) is 0 Å². The zero-order valence-corrected chi connectivity index (χ0v) is 20.2. The van der Waals surface area contributed by atoms with E-state index in [0.29, 0.717) is 25.3 Å². The van der Waals surface area contributed by atoms with E-state index in [1.807, 2.05) is 5.10 Å². The minimum atomic E-state index is -4.87. The van der Waals surface area contributed by atoms with E-state index in [0.717, 1.165) is 24.3 Å². The third-order valence-corrected chi connectivity index (χ3v) is 6.31. The Morgan fingerprint density at radius 3 is 2.54 bits per heavy atom. The predicted molar refractivity (Wildman–Crippen MR) is 122 cm³/mol. The van der Waals surface area contributed by atoms with Crippen LogP contribution in [-0.4, -0.2) is 68.9 Å². The first kappa shape index (κ1) is 26.9. The Morgan fingerprint density at radius 1 is 1.05 bits per heavy atom. The molecule has 5 heterocycles. The molecule has 0 bridgehead atoms. The number of ether oxygens (including phenoxy) is 2. The molecule has 0 unspecified atom stereocenters. The molecule has 11 nitrogen and oxygen atoms in total. The summed E-state index contributed by atoms with van der Waals surface area (Å²) >= 11 is 0. The van der Waals surface area contributed by atoms with Crippen molar-refractivity contribution < 1.29 is 35.8 Å². The van der Waals surface area contributed by atoms with Crippen LogP contribution in [-0.2, 0) is 41.5 Å². The molecule has 0 radical (unpaired) electrons. The lowest BCUT2D eigenvalue weighted by Crippen LogP contribution is -2.49. The van der Waals surface area contributed by atoms with E-state index in [9.17, 15) is 31.1 Å². The first-order chi connectivity index (χ1) is 18.5. The molecule has 0 saturated carbocycles. The van der Waals surface area contributed by atoms with Crippen molar-refractivity contribution >= 4 is 11.6 Å². The van der Waals surface area contributed by atoms with Gasteiger partial charge in [-0.3, -0.25) is 9.48 Å². The Kier molecular flexibility index (Phi) is 7.19. The van der Waals surface area contributed by atoms with E-state index >= 15 is 0 Å². The van der Waals surface area contributed by atoms with Gasteiger partial charge in [0.25, 0.3) is 5.56 Å². The number of rotatable bonds is 6. The number of alkyl halides is 6. The van der Waals surface area contributed by atoms with Gasteiger partial charge in [0, 0.05) is 25.5 Å². The Morgan fingerprint density at radius 2 is 1.82 bits per heavy atom. The monoisotopic (exact) mass is 560 g/mol. The number of hydrogen-bond donors (Lipinski definition) is 1. The van der Waals surface area contributed by atoms with Crippen LogP contribution in [0.1, 0.15) is 22.5 Å². The summed E-state index contributed by atoms with van der Waals surface area (Å²) in [5.74, 6) is 0.165. The average molecular weight is 560 g/mol. The molecule has 1 fully saturated rings. The highest BCUT2D eigenvalue weighted by Crippen LogP contribution is 2.35. The van der Waals surface area contributed by atoms with Crippen molar-refractivity contribution in [3.05, 3.63) is 57.5 Å². The minimum absolute atomic E-state index is 0.00217. The SMILES string of the molecule is O=c1[nH]ncc(N2CCOC[C@H]2COCc2cc3n(n2)CCN(c2ncc(C(F)(F)F)cn2)C3)c1C(F)(F)F. The fourth-order valence-electron chi connectivity index (χ4n) is 4.49. The van der Waals surface area contributed by atoms with Gasteiger partial charge in [-0.25, -0.2) is 15.1 Å². The third-order valence-electron chi connectivity index (χ3n) is 6.31. The van der Waals surface area contributed by atoms with Crippen LogP contribution in [0.5, 0.6) is 0 Å². The minimum Gasteiger partial charge on any atom is -0.377 e. The Labute approximate surface area is 216 Å². The number of morpholine rings is 1. The smallest absolute Gasteiger partial charge is 0.377 e. The largest absolute Gasteiger partial charge is 0.423 e. The van der Waals surface area contributed by atoms with Crippen LogP contribution in [0.3, 0.4) is 0 Å². The number of fused-ring (bicyclic) bond motifs is 1. The summed E-state index contributed by atoms with van der Waals surface area (Å²) < 4.78 is 92.0. The molecule has 1 atom stereocenters. The first-order valence-electron chi connectivity index (χ1n) is 11.8. The van der Waals surface area contributed by atoms with E-state index in [4.69, 9.17) is 9.47 Å². The van der Waals surface area contributed by atoms with Gasteiger partial charge in [0.05, 0.1) is 74.4 Å².